The van der Waals surface area contributed by atoms with E-state index in [0.717, 1.165) is 30.3 Å². The highest BCUT2D eigenvalue weighted by Gasteiger charge is 2.14. The zero-order chi connectivity index (χ0) is 13.0. The molecule has 0 aromatic carbocycles. The molecule has 0 aliphatic rings. The Morgan fingerprint density at radius 1 is 1.12 bits per heavy atom. The summed E-state index contributed by atoms with van der Waals surface area (Å²) in [5.41, 5.74) is 7.83. The van der Waals surface area contributed by atoms with Crippen LogP contribution in [0, 0.1) is 18.8 Å². The first-order valence-corrected chi connectivity index (χ1v) is 6.38. The van der Waals surface area contributed by atoms with Crippen molar-refractivity contribution in [2.24, 2.45) is 11.8 Å². The second kappa shape index (κ2) is 5.89. The molecular weight excluding hydrogens is 210 g/mol. The minimum absolute atomic E-state index is 0.607. The molecule has 0 aliphatic heterocycles. The van der Waals surface area contributed by atoms with Crippen molar-refractivity contribution in [1.29, 1.82) is 0 Å². The van der Waals surface area contributed by atoms with Crippen molar-refractivity contribution in [3.63, 3.8) is 0 Å². The largest absolute Gasteiger partial charge is 0.396 e. The summed E-state index contributed by atoms with van der Waals surface area (Å²) in [7, 11) is 0. The van der Waals surface area contributed by atoms with Crippen molar-refractivity contribution in [3.05, 3.63) is 17.8 Å². The Bertz CT molecular complexity index is 348. The molecule has 0 radical (unpaired) electrons. The van der Waals surface area contributed by atoms with E-state index < -0.39 is 0 Å². The Hall–Kier alpha value is -1.25. The summed E-state index contributed by atoms with van der Waals surface area (Å²) >= 11 is 0. The number of nitrogen functional groups attached to an aromatic ring is 1. The molecule has 3 nitrogen and oxygen atoms in total. The van der Waals surface area contributed by atoms with Gasteiger partial charge in [0.15, 0.2) is 5.82 Å². The van der Waals surface area contributed by atoms with E-state index in [2.05, 4.69) is 37.6 Å². The molecule has 17 heavy (non-hydrogen) atoms. The van der Waals surface area contributed by atoms with Gasteiger partial charge in [-0.25, -0.2) is 4.98 Å². The maximum Gasteiger partial charge on any atom is 0.152 e. The molecule has 0 aliphatic carbocycles. The molecular formula is C14H25N3. The number of hydrogen-bond donors (Lipinski definition) is 1. The third kappa shape index (κ3) is 4.25. The fourth-order valence-electron chi connectivity index (χ4n) is 1.94. The minimum Gasteiger partial charge on any atom is -0.396 e. The summed E-state index contributed by atoms with van der Waals surface area (Å²) in [6, 6.07) is 3.91. The first-order chi connectivity index (χ1) is 7.90. The van der Waals surface area contributed by atoms with Gasteiger partial charge in [0.05, 0.1) is 5.69 Å². The first-order valence-electron chi connectivity index (χ1n) is 6.38. The lowest BCUT2D eigenvalue weighted by atomic mass is 10.1. The molecule has 0 saturated carbocycles. The number of rotatable bonds is 5. The van der Waals surface area contributed by atoms with Crippen LogP contribution in [0.5, 0.6) is 0 Å². The van der Waals surface area contributed by atoms with E-state index in [9.17, 15) is 0 Å². The van der Waals surface area contributed by atoms with E-state index in [1.54, 1.807) is 0 Å². The van der Waals surface area contributed by atoms with Crippen molar-refractivity contribution < 1.29 is 0 Å². The van der Waals surface area contributed by atoms with Crippen LogP contribution in [0.15, 0.2) is 12.1 Å². The van der Waals surface area contributed by atoms with E-state index in [4.69, 9.17) is 5.73 Å². The van der Waals surface area contributed by atoms with Crippen molar-refractivity contribution in [3.8, 4) is 0 Å². The molecule has 0 saturated heterocycles. The van der Waals surface area contributed by atoms with Crippen LogP contribution in [-0.4, -0.2) is 18.1 Å². The second-order valence-electron chi connectivity index (χ2n) is 5.56. The van der Waals surface area contributed by atoms with Crippen LogP contribution in [0.3, 0.4) is 0 Å². The van der Waals surface area contributed by atoms with Crippen LogP contribution in [0.2, 0.25) is 0 Å². The normalized spacial score (nSPS) is 11.2. The predicted molar refractivity (Wildman–Crippen MR) is 75.3 cm³/mol. The van der Waals surface area contributed by atoms with Gasteiger partial charge in [-0.2, -0.15) is 0 Å². The smallest absolute Gasteiger partial charge is 0.152 e. The van der Waals surface area contributed by atoms with Gasteiger partial charge in [0.1, 0.15) is 0 Å². The molecule has 2 N–H and O–H groups in total. The Balaban J connectivity index is 2.98. The maximum absolute atomic E-state index is 6.04. The van der Waals surface area contributed by atoms with E-state index in [1.807, 2.05) is 19.1 Å². The number of anilines is 2. The van der Waals surface area contributed by atoms with Crippen molar-refractivity contribution in [2.45, 2.75) is 34.6 Å². The molecule has 0 amide bonds. The Morgan fingerprint density at radius 2 is 1.65 bits per heavy atom. The maximum atomic E-state index is 6.04. The van der Waals surface area contributed by atoms with Gasteiger partial charge in [-0.1, -0.05) is 27.7 Å². The summed E-state index contributed by atoms with van der Waals surface area (Å²) in [6.07, 6.45) is 0. The van der Waals surface area contributed by atoms with Crippen LogP contribution in [0.25, 0.3) is 0 Å². The number of nitrogens with two attached hydrogens (primary N) is 1. The fraction of sp³-hybridized carbons (Fsp3) is 0.643. The molecule has 0 fully saturated rings. The molecule has 1 rings (SSSR count). The molecule has 0 unspecified atom stereocenters. The molecule has 3 heteroatoms. The van der Waals surface area contributed by atoms with Gasteiger partial charge in [0.2, 0.25) is 0 Å². The second-order valence-corrected chi connectivity index (χ2v) is 5.56. The van der Waals surface area contributed by atoms with Gasteiger partial charge in [-0.3, -0.25) is 0 Å². The van der Waals surface area contributed by atoms with E-state index in [-0.39, 0.29) is 0 Å². The highest BCUT2D eigenvalue weighted by Crippen LogP contribution is 2.22. The third-order valence-electron chi connectivity index (χ3n) is 2.52. The fourth-order valence-corrected chi connectivity index (χ4v) is 1.94. The highest BCUT2D eigenvalue weighted by molar-refractivity contribution is 5.62. The number of aromatic nitrogens is 1. The Labute approximate surface area is 105 Å². The van der Waals surface area contributed by atoms with Crippen LogP contribution < -0.4 is 10.6 Å². The van der Waals surface area contributed by atoms with Gasteiger partial charge in [-0.05, 0) is 30.9 Å². The minimum atomic E-state index is 0.607. The van der Waals surface area contributed by atoms with Crippen LogP contribution in [0.1, 0.15) is 33.4 Å². The summed E-state index contributed by atoms with van der Waals surface area (Å²) in [5.74, 6) is 2.15. The van der Waals surface area contributed by atoms with Gasteiger partial charge in [-0.15, -0.1) is 0 Å². The van der Waals surface area contributed by atoms with Crippen molar-refractivity contribution >= 4 is 11.5 Å². The molecule has 0 spiro atoms. The Kier molecular flexibility index (Phi) is 4.79. The van der Waals surface area contributed by atoms with Crippen LogP contribution in [0.4, 0.5) is 11.5 Å². The van der Waals surface area contributed by atoms with Crippen LogP contribution in [-0.2, 0) is 0 Å². The molecule has 1 heterocycles. The SMILES string of the molecule is Cc1ccc(N)c(N(CC(C)C)CC(C)C)n1. The summed E-state index contributed by atoms with van der Waals surface area (Å²) < 4.78 is 0. The summed E-state index contributed by atoms with van der Waals surface area (Å²) in [6.45, 7) is 12.9. The summed E-state index contributed by atoms with van der Waals surface area (Å²) in [5, 5.41) is 0. The molecule has 96 valence electrons. The van der Waals surface area contributed by atoms with Crippen molar-refractivity contribution in [1.82, 2.24) is 4.98 Å². The lowest BCUT2D eigenvalue weighted by Gasteiger charge is -2.28. The number of nitrogens with zero attached hydrogens (tertiary/aromatic N) is 2. The van der Waals surface area contributed by atoms with Crippen LogP contribution >= 0.6 is 0 Å². The first kappa shape index (κ1) is 13.8. The van der Waals surface area contributed by atoms with E-state index in [0.29, 0.717) is 11.8 Å². The Morgan fingerprint density at radius 3 is 2.12 bits per heavy atom. The molecule has 0 atom stereocenters. The topological polar surface area (TPSA) is 42.1 Å². The number of hydrogen-bond acceptors (Lipinski definition) is 3. The lowest BCUT2D eigenvalue weighted by molar-refractivity contribution is 0.549. The number of pyridine rings is 1. The van der Waals surface area contributed by atoms with Crippen molar-refractivity contribution in [2.75, 3.05) is 23.7 Å². The third-order valence-corrected chi connectivity index (χ3v) is 2.52. The van der Waals surface area contributed by atoms with E-state index in [1.165, 1.54) is 0 Å². The molecule has 1 aromatic rings. The van der Waals surface area contributed by atoms with Gasteiger partial charge in [0, 0.05) is 18.8 Å². The average molecular weight is 235 g/mol. The molecule has 1 aromatic heterocycles. The average Bonchev–Trinajstić information content (AvgIpc) is 2.19. The zero-order valence-electron chi connectivity index (χ0n) is 11.7. The van der Waals surface area contributed by atoms with Gasteiger partial charge in [0.25, 0.3) is 0 Å². The lowest BCUT2D eigenvalue weighted by Crippen LogP contribution is -2.32. The quantitative estimate of drug-likeness (QED) is 0.852. The predicted octanol–water partition coefficient (Wildman–Crippen LogP) is 3.09. The standard InChI is InChI=1S/C14H25N3/c1-10(2)8-17(9-11(3)4)14-13(15)7-6-12(5)16-14/h6-7,10-11H,8-9,15H2,1-5H3. The number of aryl methyl sites for hydroxylation is 1. The monoisotopic (exact) mass is 235 g/mol. The van der Waals surface area contributed by atoms with Gasteiger partial charge < -0.3 is 10.6 Å². The van der Waals surface area contributed by atoms with E-state index >= 15 is 0 Å². The van der Waals surface area contributed by atoms with Gasteiger partial charge >= 0.3 is 0 Å². The summed E-state index contributed by atoms with van der Waals surface area (Å²) in [4.78, 5) is 6.88. The highest BCUT2D eigenvalue weighted by atomic mass is 15.2. The molecule has 0 bridgehead atoms. The zero-order valence-corrected chi connectivity index (χ0v) is 11.7.